The maximum absolute atomic E-state index is 12.8. The summed E-state index contributed by atoms with van der Waals surface area (Å²) in [5.41, 5.74) is 0.0761. The van der Waals surface area contributed by atoms with E-state index in [0.29, 0.717) is 39.1 Å². The molecule has 1 aliphatic heterocycles. The zero-order valence-electron chi connectivity index (χ0n) is 14.9. The molecule has 1 fully saturated rings. The molecule has 5 nitrogen and oxygen atoms in total. The van der Waals surface area contributed by atoms with Crippen LogP contribution in [-0.2, 0) is 22.7 Å². The van der Waals surface area contributed by atoms with Gasteiger partial charge in [-0.05, 0) is 42.8 Å². The van der Waals surface area contributed by atoms with Crippen molar-refractivity contribution in [2.75, 3.05) is 26.2 Å². The summed E-state index contributed by atoms with van der Waals surface area (Å²) in [6.45, 7) is 2.28. The van der Waals surface area contributed by atoms with Gasteiger partial charge in [-0.1, -0.05) is 23.7 Å². The first-order valence-corrected chi connectivity index (χ1v) is 10.5. The van der Waals surface area contributed by atoms with Gasteiger partial charge in [0.1, 0.15) is 10.0 Å². The van der Waals surface area contributed by atoms with Gasteiger partial charge in [0.05, 0.1) is 5.56 Å². The van der Waals surface area contributed by atoms with Crippen molar-refractivity contribution in [3.05, 3.63) is 58.9 Å². The van der Waals surface area contributed by atoms with Crippen LogP contribution in [0.5, 0.6) is 0 Å². The molecular formula is C18H19ClF3N3O2S. The summed E-state index contributed by atoms with van der Waals surface area (Å²) >= 11 is 5.72. The Hall–Kier alpha value is -1.68. The molecule has 28 heavy (non-hydrogen) atoms. The van der Waals surface area contributed by atoms with Gasteiger partial charge in [0.2, 0.25) is 10.0 Å². The molecule has 2 aromatic rings. The van der Waals surface area contributed by atoms with Gasteiger partial charge in [0.25, 0.3) is 0 Å². The Morgan fingerprint density at radius 2 is 1.71 bits per heavy atom. The van der Waals surface area contributed by atoms with Crippen LogP contribution in [0.15, 0.2) is 47.5 Å². The van der Waals surface area contributed by atoms with Gasteiger partial charge >= 0.3 is 6.18 Å². The minimum absolute atomic E-state index is 0.0908. The van der Waals surface area contributed by atoms with Crippen LogP contribution < -0.4 is 0 Å². The molecule has 1 saturated heterocycles. The molecule has 1 aromatic carbocycles. The first-order valence-electron chi connectivity index (χ1n) is 8.66. The van der Waals surface area contributed by atoms with Crippen LogP contribution in [0.3, 0.4) is 0 Å². The van der Waals surface area contributed by atoms with Crippen molar-refractivity contribution in [1.82, 2.24) is 14.2 Å². The SMILES string of the molecule is O=S(=O)(c1ccc(Cl)nc1)N1CCCN(Cc2ccc(C(F)(F)F)cc2)CC1. The summed E-state index contributed by atoms with van der Waals surface area (Å²) in [4.78, 5) is 5.96. The standard InChI is InChI=1S/C18H19ClF3N3O2S/c19-17-7-6-16(12-23-17)28(26,27)25-9-1-8-24(10-11-25)13-14-2-4-15(5-3-14)18(20,21)22/h2-7,12H,1,8-11,13H2. The molecule has 0 atom stereocenters. The van der Waals surface area contributed by atoms with Gasteiger partial charge in [-0.2, -0.15) is 17.5 Å². The van der Waals surface area contributed by atoms with Gasteiger partial charge in [-0.15, -0.1) is 0 Å². The number of pyridine rings is 1. The fourth-order valence-corrected chi connectivity index (χ4v) is 4.59. The third kappa shape index (κ3) is 5.02. The van der Waals surface area contributed by atoms with E-state index in [1.807, 2.05) is 4.90 Å². The fourth-order valence-electron chi connectivity index (χ4n) is 3.07. The Labute approximate surface area is 166 Å². The Kier molecular flexibility index (Phi) is 6.28. The molecule has 0 saturated carbocycles. The fraction of sp³-hybridized carbons (Fsp3) is 0.389. The van der Waals surface area contributed by atoms with Crippen molar-refractivity contribution in [3.63, 3.8) is 0 Å². The zero-order chi connectivity index (χ0) is 20.4. The first kappa shape index (κ1) is 21.0. The molecule has 1 aromatic heterocycles. The monoisotopic (exact) mass is 433 g/mol. The lowest BCUT2D eigenvalue weighted by Crippen LogP contribution is -2.35. The highest BCUT2D eigenvalue weighted by Crippen LogP contribution is 2.29. The average Bonchev–Trinajstić information content (AvgIpc) is 2.88. The Balaban J connectivity index is 1.64. The smallest absolute Gasteiger partial charge is 0.298 e. The van der Waals surface area contributed by atoms with Gasteiger partial charge in [0, 0.05) is 32.4 Å². The number of benzene rings is 1. The van der Waals surface area contributed by atoms with E-state index in [-0.39, 0.29) is 10.0 Å². The average molecular weight is 434 g/mol. The van der Waals surface area contributed by atoms with Crippen LogP contribution in [0.25, 0.3) is 0 Å². The Morgan fingerprint density at radius 3 is 2.32 bits per heavy atom. The molecule has 0 bridgehead atoms. The van der Waals surface area contributed by atoms with Crippen molar-refractivity contribution < 1.29 is 21.6 Å². The highest BCUT2D eigenvalue weighted by molar-refractivity contribution is 7.89. The largest absolute Gasteiger partial charge is 0.416 e. The molecule has 2 heterocycles. The summed E-state index contributed by atoms with van der Waals surface area (Å²) in [6.07, 6.45) is -2.49. The number of alkyl halides is 3. The molecule has 0 aliphatic carbocycles. The van der Waals surface area contributed by atoms with Crippen LogP contribution in [-0.4, -0.2) is 48.8 Å². The lowest BCUT2D eigenvalue weighted by molar-refractivity contribution is -0.137. The number of aromatic nitrogens is 1. The van der Waals surface area contributed by atoms with Crippen LogP contribution in [0, 0.1) is 0 Å². The molecule has 1 aliphatic rings. The number of hydrogen-bond acceptors (Lipinski definition) is 4. The quantitative estimate of drug-likeness (QED) is 0.691. The summed E-state index contributed by atoms with van der Waals surface area (Å²) in [5, 5.41) is 0.220. The topological polar surface area (TPSA) is 53.5 Å². The van der Waals surface area contributed by atoms with E-state index in [4.69, 9.17) is 11.6 Å². The highest BCUT2D eigenvalue weighted by Gasteiger charge is 2.30. The van der Waals surface area contributed by atoms with Crippen LogP contribution >= 0.6 is 11.6 Å². The number of halogens is 4. The first-order chi connectivity index (χ1) is 13.2. The highest BCUT2D eigenvalue weighted by atomic mass is 35.5. The molecular weight excluding hydrogens is 415 g/mol. The maximum atomic E-state index is 12.8. The number of nitrogens with zero attached hydrogens (tertiary/aromatic N) is 3. The second kappa shape index (κ2) is 8.36. The molecule has 0 N–H and O–H groups in total. The van der Waals surface area contributed by atoms with Gasteiger partial charge < -0.3 is 0 Å². The van der Waals surface area contributed by atoms with Gasteiger partial charge in [-0.25, -0.2) is 13.4 Å². The van der Waals surface area contributed by atoms with Crippen molar-refractivity contribution in [2.24, 2.45) is 0 Å². The molecule has 0 unspecified atom stereocenters. The Morgan fingerprint density at radius 1 is 1.00 bits per heavy atom. The third-order valence-electron chi connectivity index (χ3n) is 4.57. The van der Waals surface area contributed by atoms with E-state index in [9.17, 15) is 21.6 Å². The lowest BCUT2D eigenvalue weighted by Gasteiger charge is -2.22. The van der Waals surface area contributed by atoms with Gasteiger partial charge in [-0.3, -0.25) is 4.90 Å². The van der Waals surface area contributed by atoms with Crippen LogP contribution in [0.4, 0.5) is 13.2 Å². The van der Waals surface area contributed by atoms with E-state index in [2.05, 4.69) is 4.98 Å². The van der Waals surface area contributed by atoms with E-state index < -0.39 is 21.8 Å². The predicted octanol–water partition coefficient (Wildman–Crippen LogP) is 3.65. The van der Waals surface area contributed by atoms with Crippen LogP contribution in [0.2, 0.25) is 5.15 Å². The van der Waals surface area contributed by atoms with Crippen molar-refractivity contribution in [1.29, 1.82) is 0 Å². The lowest BCUT2D eigenvalue weighted by atomic mass is 10.1. The number of rotatable bonds is 4. The summed E-state index contributed by atoms with van der Waals surface area (Å²) in [7, 11) is -3.66. The molecule has 0 radical (unpaired) electrons. The van der Waals surface area contributed by atoms with Crippen LogP contribution in [0.1, 0.15) is 17.5 Å². The molecule has 0 amide bonds. The number of hydrogen-bond donors (Lipinski definition) is 0. The zero-order valence-corrected chi connectivity index (χ0v) is 16.4. The maximum Gasteiger partial charge on any atom is 0.416 e. The van der Waals surface area contributed by atoms with Crippen molar-refractivity contribution in [2.45, 2.75) is 24.0 Å². The second-order valence-electron chi connectivity index (χ2n) is 6.55. The minimum atomic E-state index is -4.35. The summed E-state index contributed by atoms with van der Waals surface area (Å²) in [6, 6.07) is 7.91. The second-order valence-corrected chi connectivity index (χ2v) is 8.87. The van der Waals surface area contributed by atoms with E-state index in [1.165, 1.54) is 34.8 Å². The Bertz CT molecular complexity index is 903. The number of sulfonamides is 1. The van der Waals surface area contributed by atoms with Crippen molar-refractivity contribution >= 4 is 21.6 Å². The summed E-state index contributed by atoms with van der Waals surface area (Å²) in [5.74, 6) is 0. The molecule has 10 heteroatoms. The van der Waals surface area contributed by atoms with E-state index >= 15 is 0 Å². The van der Waals surface area contributed by atoms with E-state index in [1.54, 1.807) is 0 Å². The van der Waals surface area contributed by atoms with Gasteiger partial charge in [0.15, 0.2) is 0 Å². The van der Waals surface area contributed by atoms with Crippen molar-refractivity contribution in [3.8, 4) is 0 Å². The minimum Gasteiger partial charge on any atom is -0.298 e. The third-order valence-corrected chi connectivity index (χ3v) is 6.68. The molecule has 152 valence electrons. The molecule has 0 spiro atoms. The van der Waals surface area contributed by atoms with E-state index in [0.717, 1.165) is 17.7 Å². The summed E-state index contributed by atoms with van der Waals surface area (Å²) < 4.78 is 64.9. The normalized spacial score (nSPS) is 17.4. The predicted molar refractivity (Wildman–Crippen MR) is 99.3 cm³/mol. The molecule has 3 rings (SSSR count).